The highest BCUT2D eigenvalue weighted by molar-refractivity contribution is 5.14. The topological polar surface area (TPSA) is 60.8 Å². The van der Waals surface area contributed by atoms with E-state index in [2.05, 4.69) is 27.5 Å². The first kappa shape index (κ1) is 11.6. The van der Waals surface area contributed by atoms with Gasteiger partial charge in [0.2, 0.25) is 0 Å². The van der Waals surface area contributed by atoms with Crippen molar-refractivity contribution in [3.63, 3.8) is 0 Å². The number of nitrogens with zero attached hydrogens (tertiary/aromatic N) is 3. The summed E-state index contributed by atoms with van der Waals surface area (Å²) in [5.41, 5.74) is 9.54. The largest absolute Gasteiger partial charge is 0.310 e. The average Bonchev–Trinajstić information content (AvgIpc) is 2.27. The minimum Gasteiger partial charge on any atom is -0.310 e. The van der Waals surface area contributed by atoms with Crippen LogP contribution in [-0.4, -0.2) is 12.1 Å². The standard InChI is InChI=1S/C11H16N4/c1-9(10(2)14-15-12)13-8-11-6-4-3-5-7-11/h3-7,9-10,13H,8H2,1-2H3/t9-,10-/m1/s1. The third kappa shape index (κ3) is 4.02. The minimum atomic E-state index is -0.0290. The van der Waals surface area contributed by atoms with Gasteiger partial charge in [0.15, 0.2) is 0 Å². The summed E-state index contributed by atoms with van der Waals surface area (Å²) in [5, 5.41) is 6.97. The van der Waals surface area contributed by atoms with Crippen molar-refractivity contribution >= 4 is 0 Å². The Labute approximate surface area is 89.9 Å². The minimum absolute atomic E-state index is 0.0290. The Kier molecular flexibility index (Phi) is 4.68. The van der Waals surface area contributed by atoms with Crippen molar-refractivity contribution in [2.75, 3.05) is 0 Å². The van der Waals surface area contributed by atoms with Crippen molar-refractivity contribution in [3.05, 3.63) is 46.3 Å². The van der Waals surface area contributed by atoms with Crippen LogP contribution in [0.15, 0.2) is 35.4 Å². The van der Waals surface area contributed by atoms with Gasteiger partial charge in [0, 0.05) is 23.5 Å². The predicted octanol–water partition coefficient (Wildman–Crippen LogP) is 2.86. The maximum Gasteiger partial charge on any atom is 0.0496 e. The van der Waals surface area contributed by atoms with Gasteiger partial charge in [0.25, 0.3) is 0 Å². The number of hydrogen-bond acceptors (Lipinski definition) is 2. The highest BCUT2D eigenvalue weighted by Gasteiger charge is 2.08. The SMILES string of the molecule is C[C@@H](N=[N+]=[N-])[C@@H](C)NCc1ccccc1. The molecule has 4 nitrogen and oxygen atoms in total. The second-order valence-electron chi connectivity index (χ2n) is 3.60. The zero-order chi connectivity index (χ0) is 11.1. The summed E-state index contributed by atoms with van der Waals surface area (Å²) >= 11 is 0. The van der Waals surface area contributed by atoms with E-state index in [1.54, 1.807) is 0 Å². The van der Waals surface area contributed by atoms with Crippen molar-refractivity contribution in [2.45, 2.75) is 32.5 Å². The molecule has 1 N–H and O–H groups in total. The summed E-state index contributed by atoms with van der Waals surface area (Å²) in [4.78, 5) is 2.80. The summed E-state index contributed by atoms with van der Waals surface area (Å²) in [5.74, 6) is 0. The van der Waals surface area contributed by atoms with Crippen molar-refractivity contribution in [3.8, 4) is 0 Å². The molecule has 15 heavy (non-hydrogen) atoms. The molecule has 0 aliphatic rings. The van der Waals surface area contributed by atoms with Gasteiger partial charge in [-0.2, -0.15) is 0 Å². The van der Waals surface area contributed by atoms with E-state index in [0.29, 0.717) is 0 Å². The van der Waals surface area contributed by atoms with E-state index >= 15 is 0 Å². The lowest BCUT2D eigenvalue weighted by atomic mass is 10.1. The molecule has 2 atom stereocenters. The molecule has 1 aromatic carbocycles. The fourth-order valence-corrected chi connectivity index (χ4v) is 1.23. The monoisotopic (exact) mass is 204 g/mol. The Morgan fingerprint density at radius 3 is 2.60 bits per heavy atom. The second-order valence-corrected chi connectivity index (χ2v) is 3.60. The van der Waals surface area contributed by atoms with E-state index in [1.807, 2.05) is 32.0 Å². The Balaban J connectivity index is 2.40. The van der Waals surface area contributed by atoms with Crippen LogP contribution >= 0.6 is 0 Å². The normalized spacial score (nSPS) is 14.0. The molecule has 0 aromatic heterocycles. The van der Waals surface area contributed by atoms with Crippen molar-refractivity contribution in [2.24, 2.45) is 5.11 Å². The summed E-state index contributed by atoms with van der Waals surface area (Å²) in [6, 6.07) is 10.3. The summed E-state index contributed by atoms with van der Waals surface area (Å²) < 4.78 is 0. The fraction of sp³-hybridized carbons (Fsp3) is 0.455. The molecule has 0 aliphatic heterocycles. The molecule has 80 valence electrons. The molecule has 4 heteroatoms. The van der Waals surface area contributed by atoms with Crippen LogP contribution in [0.2, 0.25) is 0 Å². The van der Waals surface area contributed by atoms with E-state index in [0.717, 1.165) is 6.54 Å². The van der Waals surface area contributed by atoms with E-state index in [4.69, 9.17) is 5.53 Å². The summed E-state index contributed by atoms with van der Waals surface area (Å²) in [7, 11) is 0. The maximum atomic E-state index is 8.30. The van der Waals surface area contributed by atoms with Gasteiger partial charge in [-0.1, -0.05) is 42.4 Å². The lowest BCUT2D eigenvalue weighted by molar-refractivity contribution is 0.476. The molecule has 0 amide bonds. The zero-order valence-corrected chi connectivity index (χ0v) is 9.09. The van der Waals surface area contributed by atoms with E-state index in [9.17, 15) is 0 Å². The number of rotatable bonds is 5. The van der Waals surface area contributed by atoms with Crippen molar-refractivity contribution in [1.82, 2.24) is 5.32 Å². The smallest absolute Gasteiger partial charge is 0.0496 e. The van der Waals surface area contributed by atoms with Crippen LogP contribution in [0.1, 0.15) is 19.4 Å². The van der Waals surface area contributed by atoms with Gasteiger partial charge in [-0.3, -0.25) is 0 Å². The van der Waals surface area contributed by atoms with E-state index < -0.39 is 0 Å². The van der Waals surface area contributed by atoms with Crippen LogP contribution < -0.4 is 5.32 Å². The Hall–Kier alpha value is -1.51. The maximum absolute atomic E-state index is 8.30. The van der Waals surface area contributed by atoms with Gasteiger partial charge < -0.3 is 5.32 Å². The Morgan fingerprint density at radius 1 is 1.33 bits per heavy atom. The van der Waals surface area contributed by atoms with E-state index in [1.165, 1.54) is 5.56 Å². The van der Waals surface area contributed by atoms with Crippen LogP contribution in [0.4, 0.5) is 0 Å². The first-order valence-electron chi connectivity index (χ1n) is 5.05. The van der Waals surface area contributed by atoms with Crippen LogP contribution in [0, 0.1) is 0 Å². The molecule has 0 bridgehead atoms. The van der Waals surface area contributed by atoms with Crippen LogP contribution in [0.5, 0.6) is 0 Å². The predicted molar refractivity (Wildman–Crippen MR) is 61.4 cm³/mol. The molecule has 0 aliphatic carbocycles. The Bertz CT molecular complexity index is 330. The highest BCUT2D eigenvalue weighted by Crippen LogP contribution is 2.02. The third-order valence-corrected chi connectivity index (χ3v) is 2.43. The number of hydrogen-bond donors (Lipinski definition) is 1. The molecule has 0 heterocycles. The summed E-state index contributed by atoms with van der Waals surface area (Å²) in [6.07, 6.45) is 0. The number of nitrogens with one attached hydrogen (secondary N) is 1. The molecule has 0 saturated carbocycles. The molecule has 0 fully saturated rings. The van der Waals surface area contributed by atoms with Crippen LogP contribution in [-0.2, 0) is 6.54 Å². The molecule has 0 spiro atoms. The van der Waals surface area contributed by atoms with Crippen LogP contribution in [0.25, 0.3) is 10.4 Å². The molecular formula is C11H16N4. The second kappa shape index (κ2) is 6.06. The molecule has 0 unspecified atom stereocenters. The van der Waals surface area contributed by atoms with Crippen LogP contribution in [0.3, 0.4) is 0 Å². The van der Waals surface area contributed by atoms with Gasteiger partial charge in [-0.05, 0) is 18.0 Å². The first-order valence-corrected chi connectivity index (χ1v) is 5.05. The highest BCUT2D eigenvalue weighted by atomic mass is 15.2. The molecular weight excluding hydrogens is 188 g/mol. The third-order valence-electron chi connectivity index (χ3n) is 2.43. The van der Waals surface area contributed by atoms with Gasteiger partial charge in [0.05, 0.1) is 0 Å². The number of azide groups is 1. The van der Waals surface area contributed by atoms with Crippen molar-refractivity contribution in [1.29, 1.82) is 0 Å². The van der Waals surface area contributed by atoms with Crippen molar-refractivity contribution < 1.29 is 0 Å². The lowest BCUT2D eigenvalue weighted by Crippen LogP contribution is -2.33. The van der Waals surface area contributed by atoms with Gasteiger partial charge in [0.1, 0.15) is 0 Å². The van der Waals surface area contributed by atoms with Gasteiger partial charge in [-0.25, -0.2) is 0 Å². The Morgan fingerprint density at radius 2 is 2.00 bits per heavy atom. The first-order chi connectivity index (χ1) is 7.24. The molecule has 1 rings (SSSR count). The van der Waals surface area contributed by atoms with E-state index in [-0.39, 0.29) is 12.1 Å². The average molecular weight is 204 g/mol. The lowest BCUT2D eigenvalue weighted by Gasteiger charge is -2.16. The fourth-order valence-electron chi connectivity index (χ4n) is 1.23. The van der Waals surface area contributed by atoms with Gasteiger partial charge >= 0.3 is 0 Å². The van der Waals surface area contributed by atoms with Gasteiger partial charge in [-0.15, -0.1) is 0 Å². The number of benzene rings is 1. The quantitative estimate of drug-likeness (QED) is 0.447. The zero-order valence-electron chi connectivity index (χ0n) is 9.09. The molecule has 0 saturated heterocycles. The summed E-state index contributed by atoms with van der Waals surface area (Å²) in [6.45, 7) is 4.72. The molecule has 0 radical (unpaired) electrons. The molecule has 1 aromatic rings.